The van der Waals surface area contributed by atoms with Gasteiger partial charge in [-0.05, 0) is 75.9 Å². The molecule has 0 aliphatic heterocycles. The lowest BCUT2D eigenvalue weighted by atomic mass is 10.2. The second-order valence-corrected chi connectivity index (χ2v) is 6.83. The van der Waals surface area contributed by atoms with Crippen molar-refractivity contribution in [3.05, 3.63) is 34.3 Å². The summed E-state index contributed by atoms with van der Waals surface area (Å²) >= 11 is 8.57. The highest BCUT2D eigenvalue weighted by molar-refractivity contribution is 9.10. The van der Waals surface area contributed by atoms with Gasteiger partial charge in [0.1, 0.15) is 0 Å². The maximum atomic E-state index is 12.1. The minimum Gasteiger partial charge on any atom is -0.360 e. The molecule has 0 spiro atoms. The Kier molecular flexibility index (Phi) is 9.36. The van der Waals surface area contributed by atoms with Crippen molar-refractivity contribution in [1.29, 1.82) is 0 Å². The molecule has 1 amide bonds. The van der Waals surface area contributed by atoms with Crippen LogP contribution in [0.1, 0.15) is 44.0 Å². The molecule has 1 rings (SSSR count). The van der Waals surface area contributed by atoms with E-state index in [1.54, 1.807) is 12.1 Å². The van der Waals surface area contributed by atoms with Gasteiger partial charge in [0.2, 0.25) is 0 Å². The standard InChI is InChI=1S/C17H26BrN3OS/c1-4-21(5-2)12-6-7-13(3)19-17(23)20-16(22)14-8-10-15(18)11-9-14/h8-11,13H,4-7,12H2,1-3H3,(H2,19,20,22,23). The molecular weight excluding hydrogens is 374 g/mol. The number of rotatable bonds is 8. The smallest absolute Gasteiger partial charge is 0.257 e. The quantitative estimate of drug-likeness (QED) is 0.655. The van der Waals surface area contributed by atoms with Gasteiger partial charge >= 0.3 is 0 Å². The van der Waals surface area contributed by atoms with Gasteiger partial charge in [-0.1, -0.05) is 29.8 Å². The Bertz CT molecular complexity index is 503. The molecule has 23 heavy (non-hydrogen) atoms. The van der Waals surface area contributed by atoms with Crippen LogP contribution in [0, 0.1) is 0 Å². The summed E-state index contributed by atoms with van der Waals surface area (Å²) in [6, 6.07) is 7.43. The van der Waals surface area contributed by atoms with Gasteiger partial charge in [-0.25, -0.2) is 0 Å². The van der Waals surface area contributed by atoms with Gasteiger partial charge in [-0.2, -0.15) is 0 Å². The summed E-state index contributed by atoms with van der Waals surface area (Å²) < 4.78 is 0.941. The number of halogens is 1. The number of nitrogens with zero attached hydrogens (tertiary/aromatic N) is 1. The van der Waals surface area contributed by atoms with Crippen molar-refractivity contribution >= 4 is 39.2 Å². The molecule has 0 aliphatic carbocycles. The third-order valence-electron chi connectivity index (χ3n) is 3.72. The van der Waals surface area contributed by atoms with Gasteiger partial charge < -0.3 is 10.2 Å². The molecular formula is C17H26BrN3OS. The van der Waals surface area contributed by atoms with Crippen LogP contribution in [-0.4, -0.2) is 41.6 Å². The van der Waals surface area contributed by atoms with Crippen LogP contribution in [0.2, 0.25) is 0 Å². The third kappa shape index (κ3) is 7.90. The Morgan fingerprint density at radius 1 is 1.26 bits per heavy atom. The summed E-state index contributed by atoms with van der Waals surface area (Å²) in [7, 11) is 0. The number of hydrogen-bond donors (Lipinski definition) is 2. The number of nitrogens with one attached hydrogen (secondary N) is 2. The molecule has 0 radical (unpaired) electrons. The lowest BCUT2D eigenvalue weighted by Gasteiger charge is -2.20. The monoisotopic (exact) mass is 399 g/mol. The van der Waals surface area contributed by atoms with Gasteiger partial charge in [0.05, 0.1) is 0 Å². The second kappa shape index (κ2) is 10.7. The van der Waals surface area contributed by atoms with Gasteiger partial charge in [-0.3, -0.25) is 10.1 Å². The maximum Gasteiger partial charge on any atom is 0.257 e. The second-order valence-electron chi connectivity index (χ2n) is 5.50. The Hall–Kier alpha value is -0.980. The molecule has 0 saturated heterocycles. The Morgan fingerprint density at radius 3 is 2.43 bits per heavy atom. The summed E-state index contributed by atoms with van der Waals surface area (Å²) in [5.74, 6) is -0.189. The fourth-order valence-electron chi connectivity index (χ4n) is 2.27. The summed E-state index contributed by atoms with van der Waals surface area (Å²) in [5, 5.41) is 6.28. The Morgan fingerprint density at radius 2 is 1.87 bits per heavy atom. The molecule has 0 saturated carbocycles. The predicted molar refractivity (Wildman–Crippen MR) is 104 cm³/mol. The summed E-state index contributed by atoms with van der Waals surface area (Å²) in [6.45, 7) is 9.70. The van der Waals surface area contributed by atoms with Gasteiger partial charge in [-0.15, -0.1) is 0 Å². The number of hydrogen-bond acceptors (Lipinski definition) is 3. The van der Waals surface area contributed by atoms with E-state index in [4.69, 9.17) is 12.2 Å². The van der Waals surface area contributed by atoms with Gasteiger partial charge in [0.25, 0.3) is 5.91 Å². The van der Waals surface area contributed by atoms with E-state index in [9.17, 15) is 4.79 Å². The normalized spacial score (nSPS) is 12.0. The van der Waals surface area contributed by atoms with Gasteiger partial charge in [0, 0.05) is 16.1 Å². The largest absolute Gasteiger partial charge is 0.360 e. The molecule has 6 heteroatoms. The topological polar surface area (TPSA) is 44.4 Å². The fourth-order valence-corrected chi connectivity index (χ4v) is 2.83. The van der Waals surface area contributed by atoms with E-state index >= 15 is 0 Å². The highest BCUT2D eigenvalue weighted by Crippen LogP contribution is 2.10. The molecule has 1 atom stereocenters. The number of amides is 1. The Labute approximate surface area is 153 Å². The molecule has 4 nitrogen and oxygen atoms in total. The first-order valence-electron chi connectivity index (χ1n) is 8.06. The Balaban J connectivity index is 2.32. The van der Waals surface area contributed by atoms with Crippen molar-refractivity contribution in [2.45, 2.75) is 39.7 Å². The molecule has 0 bridgehead atoms. The van der Waals surface area contributed by atoms with Crippen LogP contribution in [0.15, 0.2) is 28.7 Å². The van der Waals surface area contributed by atoms with Crippen LogP contribution in [0.5, 0.6) is 0 Å². The first-order chi connectivity index (χ1) is 11.0. The van der Waals surface area contributed by atoms with E-state index < -0.39 is 0 Å². The predicted octanol–water partition coefficient (Wildman–Crippen LogP) is 3.56. The third-order valence-corrected chi connectivity index (χ3v) is 4.47. The van der Waals surface area contributed by atoms with Crippen LogP contribution >= 0.6 is 28.1 Å². The van der Waals surface area contributed by atoms with E-state index in [-0.39, 0.29) is 11.9 Å². The van der Waals surface area contributed by atoms with Crippen molar-refractivity contribution in [2.75, 3.05) is 19.6 Å². The summed E-state index contributed by atoms with van der Waals surface area (Å²) in [4.78, 5) is 14.5. The van der Waals surface area contributed by atoms with Crippen molar-refractivity contribution in [1.82, 2.24) is 15.5 Å². The summed E-state index contributed by atoms with van der Waals surface area (Å²) in [5.41, 5.74) is 0.589. The molecule has 1 aromatic rings. The molecule has 1 aromatic carbocycles. The van der Waals surface area contributed by atoms with E-state index in [2.05, 4.69) is 52.2 Å². The molecule has 2 N–H and O–H groups in total. The van der Waals surface area contributed by atoms with E-state index in [0.717, 1.165) is 36.9 Å². The van der Waals surface area contributed by atoms with Crippen LogP contribution in [0.3, 0.4) is 0 Å². The minimum absolute atomic E-state index is 0.189. The molecule has 0 fully saturated rings. The highest BCUT2D eigenvalue weighted by atomic mass is 79.9. The average molecular weight is 400 g/mol. The zero-order chi connectivity index (χ0) is 17.2. The van der Waals surface area contributed by atoms with Crippen molar-refractivity contribution in [3.8, 4) is 0 Å². The first kappa shape index (κ1) is 20.1. The lowest BCUT2D eigenvalue weighted by Crippen LogP contribution is -2.43. The number of carbonyl (C=O) groups is 1. The number of carbonyl (C=O) groups excluding carboxylic acids is 1. The minimum atomic E-state index is -0.189. The fraction of sp³-hybridized carbons (Fsp3) is 0.529. The zero-order valence-electron chi connectivity index (χ0n) is 14.1. The van der Waals surface area contributed by atoms with Crippen molar-refractivity contribution < 1.29 is 4.79 Å². The number of benzene rings is 1. The maximum absolute atomic E-state index is 12.1. The molecule has 0 aliphatic rings. The SMILES string of the molecule is CCN(CC)CCCC(C)NC(=S)NC(=O)c1ccc(Br)cc1. The van der Waals surface area contributed by atoms with Crippen LogP contribution in [0.25, 0.3) is 0 Å². The molecule has 128 valence electrons. The van der Waals surface area contributed by atoms with E-state index in [0.29, 0.717) is 10.7 Å². The van der Waals surface area contributed by atoms with Crippen molar-refractivity contribution in [3.63, 3.8) is 0 Å². The summed E-state index contributed by atoms with van der Waals surface area (Å²) in [6.07, 6.45) is 2.13. The van der Waals surface area contributed by atoms with E-state index in [1.807, 2.05) is 12.1 Å². The highest BCUT2D eigenvalue weighted by Gasteiger charge is 2.10. The first-order valence-corrected chi connectivity index (χ1v) is 9.26. The number of thiocarbonyl (C=S) groups is 1. The average Bonchev–Trinajstić information content (AvgIpc) is 2.52. The van der Waals surface area contributed by atoms with Crippen LogP contribution in [0.4, 0.5) is 0 Å². The van der Waals surface area contributed by atoms with E-state index in [1.165, 1.54) is 0 Å². The molecule has 0 aromatic heterocycles. The van der Waals surface area contributed by atoms with Crippen LogP contribution < -0.4 is 10.6 Å². The van der Waals surface area contributed by atoms with Crippen LogP contribution in [-0.2, 0) is 0 Å². The van der Waals surface area contributed by atoms with Gasteiger partial charge in [0.15, 0.2) is 5.11 Å². The molecule has 0 heterocycles. The lowest BCUT2D eigenvalue weighted by molar-refractivity contribution is 0.0976. The molecule has 1 unspecified atom stereocenters. The zero-order valence-corrected chi connectivity index (χ0v) is 16.5. The van der Waals surface area contributed by atoms with Crippen molar-refractivity contribution in [2.24, 2.45) is 0 Å².